The molecule has 0 aliphatic carbocycles. The zero-order valence-corrected chi connectivity index (χ0v) is 15.4. The zero-order valence-electron chi connectivity index (χ0n) is 13.8. The van der Waals surface area contributed by atoms with Crippen molar-refractivity contribution < 1.29 is 8.42 Å². The first-order chi connectivity index (χ1) is 12.5. The molecular weight excluding hydrogens is 366 g/mol. The molecule has 0 N–H and O–H groups in total. The lowest BCUT2D eigenvalue weighted by molar-refractivity contribution is 0.592. The van der Waals surface area contributed by atoms with E-state index in [9.17, 15) is 8.42 Å². The van der Waals surface area contributed by atoms with E-state index in [1.165, 1.54) is 3.97 Å². The van der Waals surface area contributed by atoms with E-state index in [0.29, 0.717) is 10.5 Å². The predicted octanol–water partition coefficient (Wildman–Crippen LogP) is 5.34. The van der Waals surface area contributed by atoms with Crippen LogP contribution in [-0.4, -0.2) is 18.1 Å². The third-order valence-electron chi connectivity index (χ3n) is 4.31. The van der Waals surface area contributed by atoms with E-state index >= 15 is 0 Å². The Kier molecular flexibility index (Phi) is 4.31. The molecule has 3 aromatic carbocycles. The van der Waals surface area contributed by atoms with Crippen molar-refractivity contribution in [2.45, 2.75) is 0 Å². The van der Waals surface area contributed by atoms with Crippen molar-refractivity contribution in [1.82, 2.24) is 3.97 Å². The fourth-order valence-corrected chi connectivity index (χ4v) is 4.42. The number of hydrogen-bond acceptors (Lipinski definition) is 2. The summed E-state index contributed by atoms with van der Waals surface area (Å²) in [5.41, 5.74) is 1.61. The molecule has 3 nitrogen and oxygen atoms in total. The van der Waals surface area contributed by atoms with Crippen LogP contribution in [0.1, 0.15) is 5.56 Å². The lowest BCUT2D eigenvalue weighted by Crippen LogP contribution is -2.14. The summed E-state index contributed by atoms with van der Waals surface area (Å²) in [5, 5.41) is 3.68. The fraction of sp³-hybridized carbons (Fsp3) is 0.0476. The molecule has 0 spiro atoms. The van der Waals surface area contributed by atoms with Gasteiger partial charge in [0, 0.05) is 16.6 Å². The van der Waals surface area contributed by atoms with Crippen LogP contribution >= 0.6 is 11.6 Å². The first kappa shape index (κ1) is 16.9. The lowest BCUT2D eigenvalue weighted by Gasteiger charge is -2.05. The average molecular weight is 382 g/mol. The molecule has 1 aromatic heterocycles. The van der Waals surface area contributed by atoms with Crippen LogP contribution in [0, 0.1) is 0 Å². The predicted molar refractivity (Wildman–Crippen MR) is 109 cm³/mol. The number of nitrogens with zero attached hydrogens (tertiary/aromatic N) is 1. The van der Waals surface area contributed by atoms with Crippen LogP contribution in [0.15, 0.2) is 79.0 Å². The van der Waals surface area contributed by atoms with E-state index in [-0.39, 0.29) is 5.75 Å². The van der Waals surface area contributed by atoms with Crippen molar-refractivity contribution in [1.29, 1.82) is 0 Å². The molecule has 4 aromatic rings. The maximum absolute atomic E-state index is 12.7. The van der Waals surface area contributed by atoms with E-state index in [0.717, 1.165) is 21.7 Å². The number of halogens is 1. The largest absolute Gasteiger partial charge is 0.245 e. The summed E-state index contributed by atoms with van der Waals surface area (Å²) >= 11 is 5.97. The molecule has 0 fully saturated rings. The van der Waals surface area contributed by atoms with Crippen molar-refractivity contribution in [2.75, 3.05) is 5.75 Å². The fourth-order valence-electron chi connectivity index (χ4n) is 3.03. The Morgan fingerprint density at radius 1 is 0.885 bits per heavy atom. The molecule has 0 radical (unpaired) electrons. The summed E-state index contributed by atoms with van der Waals surface area (Å²) in [5.74, 6) is -0.0771. The molecule has 1 heterocycles. The quantitative estimate of drug-likeness (QED) is 0.478. The molecule has 0 bridgehead atoms. The standard InChI is InChI=1S/C21H16ClNO2S/c22-20-9-10-21-19(15-20)11-12-23(21)26(24,25)13-3-4-16-7-8-17-5-1-2-6-18(17)14-16/h1-12,14-15H,13H2. The van der Waals surface area contributed by atoms with E-state index in [1.54, 1.807) is 36.5 Å². The van der Waals surface area contributed by atoms with Crippen LogP contribution < -0.4 is 0 Å². The second-order valence-corrected chi connectivity index (χ2v) is 8.43. The smallest absolute Gasteiger partial charge is 0.242 e. The van der Waals surface area contributed by atoms with Crippen LogP contribution in [0.2, 0.25) is 5.02 Å². The number of benzene rings is 3. The summed E-state index contributed by atoms with van der Waals surface area (Å²) < 4.78 is 26.7. The van der Waals surface area contributed by atoms with Crippen molar-refractivity contribution in [2.24, 2.45) is 0 Å². The minimum absolute atomic E-state index is 0.0771. The van der Waals surface area contributed by atoms with Crippen molar-refractivity contribution in [3.05, 3.63) is 89.6 Å². The van der Waals surface area contributed by atoms with Gasteiger partial charge in [-0.25, -0.2) is 12.4 Å². The Balaban J connectivity index is 1.59. The molecule has 26 heavy (non-hydrogen) atoms. The normalized spacial score (nSPS) is 12.3. The van der Waals surface area contributed by atoms with E-state index in [4.69, 9.17) is 11.6 Å². The molecule has 0 saturated heterocycles. The van der Waals surface area contributed by atoms with Crippen molar-refractivity contribution in [3.8, 4) is 0 Å². The van der Waals surface area contributed by atoms with Crippen molar-refractivity contribution >= 4 is 49.4 Å². The highest BCUT2D eigenvalue weighted by molar-refractivity contribution is 7.90. The minimum Gasteiger partial charge on any atom is -0.245 e. The summed E-state index contributed by atoms with van der Waals surface area (Å²) in [6.07, 6.45) is 5.09. The Hall–Kier alpha value is -2.56. The van der Waals surface area contributed by atoms with E-state index in [1.807, 2.05) is 42.5 Å². The monoisotopic (exact) mass is 381 g/mol. The van der Waals surface area contributed by atoms with Gasteiger partial charge < -0.3 is 0 Å². The van der Waals surface area contributed by atoms with Gasteiger partial charge in [-0.1, -0.05) is 60.2 Å². The highest BCUT2D eigenvalue weighted by Gasteiger charge is 2.14. The summed E-state index contributed by atoms with van der Waals surface area (Å²) in [6.45, 7) is 0. The van der Waals surface area contributed by atoms with Gasteiger partial charge in [0.2, 0.25) is 10.0 Å². The van der Waals surface area contributed by atoms with Crippen LogP contribution in [0.4, 0.5) is 0 Å². The minimum atomic E-state index is -3.48. The third-order valence-corrected chi connectivity index (χ3v) is 6.07. The second-order valence-electron chi connectivity index (χ2n) is 6.10. The molecule has 0 aliphatic heterocycles. The number of hydrogen-bond donors (Lipinski definition) is 0. The van der Waals surface area contributed by atoms with Crippen LogP contribution in [-0.2, 0) is 10.0 Å². The Morgan fingerprint density at radius 2 is 1.69 bits per heavy atom. The maximum atomic E-state index is 12.7. The van der Waals surface area contributed by atoms with Crippen LogP contribution in [0.25, 0.3) is 27.8 Å². The van der Waals surface area contributed by atoms with Crippen LogP contribution in [0.3, 0.4) is 0 Å². The number of fused-ring (bicyclic) bond motifs is 2. The Bertz CT molecular complexity index is 1240. The van der Waals surface area contributed by atoms with Gasteiger partial charge >= 0.3 is 0 Å². The second kappa shape index (κ2) is 6.63. The van der Waals surface area contributed by atoms with Gasteiger partial charge in [0.25, 0.3) is 0 Å². The number of rotatable bonds is 4. The molecule has 5 heteroatoms. The first-order valence-electron chi connectivity index (χ1n) is 8.18. The molecule has 0 saturated carbocycles. The van der Waals surface area contributed by atoms with E-state index in [2.05, 4.69) is 6.07 Å². The summed E-state index contributed by atoms with van der Waals surface area (Å²) in [7, 11) is -3.48. The highest BCUT2D eigenvalue weighted by Crippen LogP contribution is 2.22. The highest BCUT2D eigenvalue weighted by atomic mass is 35.5. The van der Waals surface area contributed by atoms with E-state index < -0.39 is 10.0 Å². The van der Waals surface area contributed by atoms with Crippen LogP contribution in [0.5, 0.6) is 0 Å². The maximum Gasteiger partial charge on any atom is 0.242 e. The average Bonchev–Trinajstić information content (AvgIpc) is 3.05. The Labute approximate surface area is 157 Å². The topological polar surface area (TPSA) is 39.1 Å². The SMILES string of the molecule is O=S(=O)(CC=Cc1ccc2ccccc2c1)n1ccc2cc(Cl)ccc21. The van der Waals surface area contributed by atoms with Gasteiger partial charge in [0.05, 0.1) is 11.3 Å². The third kappa shape index (κ3) is 3.26. The molecule has 0 unspecified atom stereocenters. The van der Waals surface area contributed by atoms with Gasteiger partial charge in [0.15, 0.2) is 0 Å². The molecule has 0 aliphatic rings. The van der Waals surface area contributed by atoms with Crippen molar-refractivity contribution in [3.63, 3.8) is 0 Å². The van der Waals surface area contributed by atoms with Gasteiger partial charge in [-0.3, -0.25) is 0 Å². The van der Waals surface area contributed by atoms with Gasteiger partial charge in [-0.15, -0.1) is 0 Å². The Morgan fingerprint density at radius 3 is 2.54 bits per heavy atom. The van der Waals surface area contributed by atoms with Gasteiger partial charge in [0.1, 0.15) is 0 Å². The molecule has 130 valence electrons. The summed E-state index contributed by atoms with van der Waals surface area (Å²) in [4.78, 5) is 0. The molecule has 4 rings (SSSR count). The molecular formula is C21H16ClNO2S. The van der Waals surface area contributed by atoms with Gasteiger partial charge in [-0.05, 0) is 46.7 Å². The zero-order chi connectivity index (χ0) is 18.1. The van der Waals surface area contributed by atoms with Gasteiger partial charge in [-0.2, -0.15) is 0 Å². The summed E-state index contributed by atoms with van der Waals surface area (Å²) in [6, 6.07) is 21.1. The first-order valence-corrected chi connectivity index (χ1v) is 10.2. The lowest BCUT2D eigenvalue weighted by atomic mass is 10.1. The molecule has 0 amide bonds. The molecule has 0 atom stereocenters. The number of aromatic nitrogens is 1.